The minimum absolute atomic E-state index is 0.110. The summed E-state index contributed by atoms with van der Waals surface area (Å²) in [5.41, 5.74) is 0. The molecule has 0 aromatic carbocycles. The maximum absolute atomic E-state index is 13.2. The van der Waals surface area contributed by atoms with E-state index in [1.165, 1.54) is 340 Å². The molecule has 5 atom stereocenters. The molecule has 0 saturated carbocycles. The molecule has 0 heterocycles. The van der Waals surface area contributed by atoms with Crippen molar-refractivity contribution in [2.45, 2.75) is 528 Å². The Bertz CT molecular complexity index is 2090. The van der Waals surface area contributed by atoms with Crippen LogP contribution in [0.1, 0.15) is 509 Å². The zero-order valence-electron chi connectivity index (χ0n) is 73.0. The van der Waals surface area contributed by atoms with Gasteiger partial charge >= 0.3 is 39.5 Å². The Morgan fingerprint density at radius 2 is 0.360 bits per heavy atom. The van der Waals surface area contributed by atoms with Crippen molar-refractivity contribution in [3.63, 3.8) is 0 Å². The van der Waals surface area contributed by atoms with Crippen LogP contribution in [0.2, 0.25) is 0 Å². The second-order valence-corrected chi connectivity index (χ2v) is 36.0. The number of phosphoric acid groups is 2. The summed E-state index contributed by atoms with van der Waals surface area (Å²) in [7, 11) is -9.94. The largest absolute Gasteiger partial charge is 0.472 e. The van der Waals surface area contributed by atoms with E-state index in [9.17, 15) is 43.2 Å². The number of unbranched alkanes of at least 4 members (excludes halogenated alkanes) is 67. The number of hydrogen-bond acceptors (Lipinski definition) is 15. The van der Waals surface area contributed by atoms with Crippen LogP contribution in [0.15, 0.2) is 0 Å². The molecule has 0 amide bonds. The van der Waals surface area contributed by atoms with Gasteiger partial charge in [0, 0.05) is 25.7 Å². The highest BCUT2D eigenvalue weighted by atomic mass is 31.2. The third-order valence-electron chi connectivity index (χ3n) is 21.9. The summed E-state index contributed by atoms with van der Waals surface area (Å²) in [5, 5.41) is 10.7. The van der Waals surface area contributed by atoms with Crippen molar-refractivity contribution in [2.75, 3.05) is 39.6 Å². The van der Waals surface area contributed by atoms with Crippen LogP contribution in [-0.4, -0.2) is 96.7 Å². The van der Waals surface area contributed by atoms with E-state index in [4.69, 9.17) is 37.0 Å². The van der Waals surface area contributed by atoms with Crippen molar-refractivity contribution < 1.29 is 80.2 Å². The van der Waals surface area contributed by atoms with E-state index in [-0.39, 0.29) is 25.7 Å². The summed E-state index contributed by atoms with van der Waals surface area (Å²) in [6, 6.07) is 0. The number of esters is 4. The first-order valence-corrected chi connectivity index (χ1v) is 50.8. The Morgan fingerprint density at radius 1 is 0.216 bits per heavy atom. The van der Waals surface area contributed by atoms with E-state index in [0.717, 1.165) is 89.9 Å². The number of aliphatic hydroxyl groups is 1. The molecule has 0 aromatic heterocycles. The highest BCUT2D eigenvalue weighted by molar-refractivity contribution is 7.47. The predicted octanol–water partition coefficient (Wildman–Crippen LogP) is 28.9. The molecule has 19 heteroatoms. The van der Waals surface area contributed by atoms with Crippen LogP contribution in [0.5, 0.6) is 0 Å². The second-order valence-electron chi connectivity index (χ2n) is 33.1. The minimum Gasteiger partial charge on any atom is -0.462 e. The van der Waals surface area contributed by atoms with Crippen molar-refractivity contribution >= 4 is 39.5 Å². The van der Waals surface area contributed by atoms with Gasteiger partial charge in [0.1, 0.15) is 19.3 Å². The normalized spacial score (nSPS) is 13.6. The smallest absolute Gasteiger partial charge is 0.462 e. The molecule has 0 aliphatic carbocycles. The molecule has 0 radical (unpaired) electrons. The molecule has 0 aliphatic heterocycles. The lowest BCUT2D eigenvalue weighted by Gasteiger charge is -2.21. The first-order chi connectivity index (χ1) is 54.2. The first kappa shape index (κ1) is 109. The third kappa shape index (κ3) is 85.8. The Morgan fingerprint density at radius 3 is 0.532 bits per heavy atom. The zero-order valence-corrected chi connectivity index (χ0v) is 74.7. The van der Waals surface area contributed by atoms with Crippen molar-refractivity contribution in [2.24, 2.45) is 0 Å². The molecule has 3 N–H and O–H groups in total. The molecule has 0 spiro atoms. The van der Waals surface area contributed by atoms with E-state index in [1.807, 2.05) is 0 Å². The van der Waals surface area contributed by atoms with Crippen LogP contribution in [0.4, 0.5) is 0 Å². The van der Waals surface area contributed by atoms with E-state index < -0.39 is 97.5 Å². The maximum atomic E-state index is 13.2. The van der Waals surface area contributed by atoms with Crippen molar-refractivity contribution in [3.05, 3.63) is 0 Å². The van der Waals surface area contributed by atoms with Gasteiger partial charge in [-0.15, -0.1) is 0 Å². The monoisotopic (exact) mass is 1620 g/mol. The summed E-state index contributed by atoms with van der Waals surface area (Å²) >= 11 is 0. The molecule has 0 bridgehead atoms. The molecule has 111 heavy (non-hydrogen) atoms. The standard InChI is InChI=1S/C92H180O17P2/c1-5-9-13-17-21-25-29-33-36-39-41-43-45-47-50-53-57-61-65-69-73-77-90(95)103-83-88(109-92(97)79-75-71-67-63-59-55-51-48-46-44-42-40-37-34-30-26-22-18-14-10-6-2)85-107-111(100,101)105-81-86(93)80-104-110(98,99)106-84-87(82-102-89(94)76-72-68-64-60-56-52-32-28-24-20-16-12-8-4)108-91(96)78-74-70-66-62-58-54-49-38-35-31-27-23-19-15-11-7-3/h86-88,93H,5-85H2,1-4H3,(H,98,99)(H,100,101)/t86-,87+,88+/m0/s1. The van der Waals surface area contributed by atoms with Gasteiger partial charge in [0.05, 0.1) is 26.4 Å². The fraction of sp³-hybridized carbons (Fsp3) is 0.957. The Balaban J connectivity index is 5.24. The van der Waals surface area contributed by atoms with E-state index >= 15 is 0 Å². The van der Waals surface area contributed by atoms with Crippen LogP contribution in [-0.2, 0) is 65.4 Å². The van der Waals surface area contributed by atoms with E-state index in [2.05, 4.69) is 27.7 Å². The van der Waals surface area contributed by atoms with Crippen molar-refractivity contribution in [3.8, 4) is 0 Å². The number of aliphatic hydroxyl groups excluding tert-OH is 1. The number of carbonyl (C=O) groups is 4. The van der Waals surface area contributed by atoms with Gasteiger partial charge in [0.15, 0.2) is 12.2 Å². The third-order valence-corrected chi connectivity index (χ3v) is 23.8. The minimum atomic E-state index is -4.97. The molecule has 0 aliphatic rings. The van der Waals surface area contributed by atoms with Gasteiger partial charge in [-0.25, -0.2) is 9.13 Å². The SMILES string of the molecule is CCCCCCCCCCCCCCCCCCCCCCCC(=O)OC[C@H](COP(=O)(O)OC[C@@H](O)COP(=O)(O)OC[C@@H](COC(=O)CCCCCCCCCCCCCCC)OC(=O)CCCCCCCCCCCCCCCCCC)OC(=O)CCCCCCCCCCCCCCCCCCCCCCC. The van der Waals surface area contributed by atoms with Gasteiger partial charge in [-0.3, -0.25) is 37.3 Å². The maximum Gasteiger partial charge on any atom is 0.472 e. The number of carbonyl (C=O) groups excluding carboxylic acids is 4. The number of rotatable bonds is 93. The molecular formula is C92H180O17P2. The molecular weight excluding hydrogens is 1440 g/mol. The molecule has 0 rings (SSSR count). The van der Waals surface area contributed by atoms with Crippen LogP contribution < -0.4 is 0 Å². The predicted molar refractivity (Wildman–Crippen MR) is 460 cm³/mol. The van der Waals surface area contributed by atoms with Crippen LogP contribution in [0.25, 0.3) is 0 Å². The number of phosphoric ester groups is 2. The lowest BCUT2D eigenvalue weighted by Crippen LogP contribution is -2.30. The fourth-order valence-electron chi connectivity index (χ4n) is 14.6. The Labute approximate surface area is 683 Å². The van der Waals surface area contributed by atoms with Gasteiger partial charge in [0.2, 0.25) is 0 Å². The highest BCUT2D eigenvalue weighted by Crippen LogP contribution is 2.45. The van der Waals surface area contributed by atoms with Gasteiger partial charge in [0.25, 0.3) is 0 Å². The Hall–Kier alpha value is -1.94. The molecule has 660 valence electrons. The van der Waals surface area contributed by atoms with Crippen molar-refractivity contribution in [1.82, 2.24) is 0 Å². The summed E-state index contributed by atoms with van der Waals surface area (Å²) in [6.07, 6.45) is 83.4. The van der Waals surface area contributed by atoms with E-state index in [1.54, 1.807) is 0 Å². The van der Waals surface area contributed by atoms with Crippen LogP contribution in [0, 0.1) is 0 Å². The molecule has 2 unspecified atom stereocenters. The average molecular weight is 1620 g/mol. The quantitative estimate of drug-likeness (QED) is 0.0222. The molecule has 0 saturated heterocycles. The fourth-order valence-corrected chi connectivity index (χ4v) is 16.2. The average Bonchev–Trinajstić information content (AvgIpc) is 0.901. The van der Waals surface area contributed by atoms with Gasteiger partial charge < -0.3 is 33.8 Å². The summed E-state index contributed by atoms with van der Waals surface area (Å²) in [6.45, 7) is 5.10. The second kappa shape index (κ2) is 85.9. The lowest BCUT2D eigenvalue weighted by molar-refractivity contribution is -0.161. The topological polar surface area (TPSA) is 237 Å². The molecule has 0 fully saturated rings. The van der Waals surface area contributed by atoms with Crippen molar-refractivity contribution in [1.29, 1.82) is 0 Å². The summed E-state index contributed by atoms with van der Waals surface area (Å²) in [5.74, 6) is -2.09. The summed E-state index contributed by atoms with van der Waals surface area (Å²) in [4.78, 5) is 73.5. The van der Waals surface area contributed by atoms with Crippen LogP contribution in [0.3, 0.4) is 0 Å². The summed E-state index contributed by atoms with van der Waals surface area (Å²) < 4.78 is 69.1. The van der Waals surface area contributed by atoms with Gasteiger partial charge in [-0.05, 0) is 25.7 Å². The van der Waals surface area contributed by atoms with E-state index in [0.29, 0.717) is 25.7 Å². The zero-order chi connectivity index (χ0) is 81.0. The number of hydrogen-bond donors (Lipinski definition) is 3. The highest BCUT2D eigenvalue weighted by Gasteiger charge is 2.31. The van der Waals surface area contributed by atoms with Gasteiger partial charge in [-0.2, -0.15) is 0 Å². The van der Waals surface area contributed by atoms with Gasteiger partial charge in [-0.1, -0.05) is 458 Å². The first-order valence-electron chi connectivity index (χ1n) is 47.8. The lowest BCUT2D eigenvalue weighted by atomic mass is 10.0. The molecule has 17 nitrogen and oxygen atoms in total. The number of ether oxygens (including phenoxy) is 4. The molecule has 0 aromatic rings. The Kier molecular flexibility index (Phi) is 84.4. The van der Waals surface area contributed by atoms with Crippen LogP contribution >= 0.6 is 15.6 Å².